The SMILES string of the molecule is O=C(COC(=O)c1ccc(-c2cnco2)cc1)Nc1cccc2ccccc12. The van der Waals surface area contributed by atoms with Crippen LogP contribution in [0.3, 0.4) is 0 Å². The van der Waals surface area contributed by atoms with Gasteiger partial charge >= 0.3 is 5.97 Å². The van der Waals surface area contributed by atoms with E-state index in [0.717, 1.165) is 16.3 Å². The first-order valence-corrected chi connectivity index (χ1v) is 8.64. The van der Waals surface area contributed by atoms with Gasteiger partial charge in [0.1, 0.15) is 0 Å². The van der Waals surface area contributed by atoms with Crippen LogP contribution in [0.4, 0.5) is 5.69 Å². The molecular weight excluding hydrogens is 356 g/mol. The van der Waals surface area contributed by atoms with Crippen LogP contribution in [0, 0.1) is 0 Å². The predicted molar refractivity (Wildman–Crippen MR) is 105 cm³/mol. The molecule has 1 amide bonds. The number of aromatic nitrogens is 1. The summed E-state index contributed by atoms with van der Waals surface area (Å²) in [5.41, 5.74) is 1.82. The molecule has 138 valence electrons. The van der Waals surface area contributed by atoms with E-state index in [1.807, 2.05) is 42.5 Å². The number of ether oxygens (including phenoxy) is 1. The number of rotatable bonds is 5. The average molecular weight is 372 g/mol. The topological polar surface area (TPSA) is 81.4 Å². The van der Waals surface area contributed by atoms with Crippen molar-refractivity contribution in [2.75, 3.05) is 11.9 Å². The number of nitrogens with zero attached hydrogens (tertiary/aromatic N) is 1. The lowest BCUT2D eigenvalue weighted by Crippen LogP contribution is -2.21. The van der Waals surface area contributed by atoms with Crippen molar-refractivity contribution in [3.05, 3.63) is 84.9 Å². The summed E-state index contributed by atoms with van der Waals surface area (Å²) in [6, 6.07) is 20.0. The maximum Gasteiger partial charge on any atom is 0.338 e. The zero-order chi connectivity index (χ0) is 19.3. The number of anilines is 1. The second-order valence-corrected chi connectivity index (χ2v) is 6.09. The molecule has 1 heterocycles. The maximum atomic E-state index is 12.2. The summed E-state index contributed by atoms with van der Waals surface area (Å²) in [7, 11) is 0. The van der Waals surface area contributed by atoms with Gasteiger partial charge in [-0.25, -0.2) is 9.78 Å². The van der Waals surface area contributed by atoms with Crippen LogP contribution < -0.4 is 5.32 Å². The summed E-state index contributed by atoms with van der Waals surface area (Å²) in [4.78, 5) is 28.2. The van der Waals surface area contributed by atoms with Gasteiger partial charge in [0.2, 0.25) is 0 Å². The highest BCUT2D eigenvalue weighted by Gasteiger charge is 2.12. The van der Waals surface area contributed by atoms with Crippen LogP contribution in [-0.4, -0.2) is 23.5 Å². The number of esters is 1. The smallest absolute Gasteiger partial charge is 0.338 e. The summed E-state index contributed by atoms with van der Waals surface area (Å²) < 4.78 is 10.3. The highest BCUT2D eigenvalue weighted by atomic mass is 16.5. The van der Waals surface area contributed by atoms with E-state index < -0.39 is 11.9 Å². The van der Waals surface area contributed by atoms with Crippen LogP contribution >= 0.6 is 0 Å². The van der Waals surface area contributed by atoms with Gasteiger partial charge in [-0.05, 0) is 23.6 Å². The lowest BCUT2D eigenvalue weighted by atomic mass is 10.1. The Morgan fingerprint density at radius 3 is 2.54 bits per heavy atom. The first kappa shape index (κ1) is 17.5. The van der Waals surface area contributed by atoms with Crippen LogP contribution in [-0.2, 0) is 9.53 Å². The molecule has 6 nitrogen and oxygen atoms in total. The van der Waals surface area contributed by atoms with Crippen molar-refractivity contribution in [2.24, 2.45) is 0 Å². The van der Waals surface area contributed by atoms with E-state index in [4.69, 9.17) is 9.15 Å². The largest absolute Gasteiger partial charge is 0.452 e. The molecule has 4 aromatic rings. The maximum absolute atomic E-state index is 12.2. The molecule has 0 saturated carbocycles. The minimum Gasteiger partial charge on any atom is -0.452 e. The molecule has 28 heavy (non-hydrogen) atoms. The Labute approximate surface area is 160 Å². The van der Waals surface area contributed by atoms with Gasteiger partial charge in [0.15, 0.2) is 18.8 Å². The molecule has 3 aromatic carbocycles. The van der Waals surface area contributed by atoms with Crippen LogP contribution in [0.25, 0.3) is 22.1 Å². The fourth-order valence-electron chi connectivity index (χ4n) is 2.86. The molecule has 0 aliphatic carbocycles. The molecule has 0 aliphatic heterocycles. The molecule has 0 atom stereocenters. The summed E-state index contributed by atoms with van der Waals surface area (Å²) in [5.74, 6) is -0.366. The fourth-order valence-corrected chi connectivity index (χ4v) is 2.86. The van der Waals surface area contributed by atoms with Gasteiger partial charge in [0.05, 0.1) is 11.8 Å². The standard InChI is InChI=1S/C22H16N2O4/c25-21(24-19-7-3-5-15-4-1-2-6-18(15)19)13-27-22(26)17-10-8-16(9-11-17)20-12-23-14-28-20/h1-12,14H,13H2,(H,24,25). The Bertz CT molecular complexity index is 1110. The van der Waals surface area contributed by atoms with Crippen LogP contribution in [0.1, 0.15) is 10.4 Å². The molecule has 6 heteroatoms. The number of benzene rings is 3. The molecule has 4 rings (SSSR count). The molecule has 0 saturated heterocycles. The zero-order valence-electron chi connectivity index (χ0n) is 14.8. The Balaban J connectivity index is 1.37. The average Bonchev–Trinajstić information content (AvgIpc) is 3.27. The van der Waals surface area contributed by atoms with E-state index in [2.05, 4.69) is 10.3 Å². The van der Waals surface area contributed by atoms with Gasteiger partial charge in [-0.1, -0.05) is 48.5 Å². The molecule has 0 fully saturated rings. The molecule has 0 spiro atoms. The third kappa shape index (κ3) is 3.76. The van der Waals surface area contributed by atoms with Crippen LogP contribution in [0.5, 0.6) is 0 Å². The summed E-state index contributed by atoms with van der Waals surface area (Å²) >= 11 is 0. The Morgan fingerprint density at radius 1 is 0.964 bits per heavy atom. The molecular formula is C22H16N2O4. The van der Waals surface area contributed by atoms with Gasteiger partial charge < -0.3 is 14.5 Å². The zero-order valence-corrected chi connectivity index (χ0v) is 14.8. The normalized spacial score (nSPS) is 10.6. The van der Waals surface area contributed by atoms with Crippen molar-refractivity contribution in [3.63, 3.8) is 0 Å². The Kier molecular flexibility index (Phi) is 4.84. The van der Waals surface area contributed by atoms with E-state index in [1.165, 1.54) is 6.39 Å². The highest BCUT2D eigenvalue weighted by molar-refractivity contribution is 6.03. The Morgan fingerprint density at radius 2 is 1.75 bits per heavy atom. The lowest BCUT2D eigenvalue weighted by Gasteiger charge is -2.09. The van der Waals surface area contributed by atoms with Crippen molar-refractivity contribution in [3.8, 4) is 11.3 Å². The fraction of sp³-hybridized carbons (Fsp3) is 0.0455. The first-order chi connectivity index (χ1) is 13.7. The number of carbonyl (C=O) groups excluding carboxylic acids is 2. The number of hydrogen-bond acceptors (Lipinski definition) is 5. The third-order valence-corrected chi connectivity index (χ3v) is 4.24. The minimum atomic E-state index is -0.572. The molecule has 1 N–H and O–H groups in total. The van der Waals surface area contributed by atoms with Crippen LogP contribution in [0.2, 0.25) is 0 Å². The van der Waals surface area contributed by atoms with Crippen LogP contribution in [0.15, 0.2) is 83.7 Å². The van der Waals surface area contributed by atoms with Crippen molar-refractivity contribution >= 4 is 28.3 Å². The monoisotopic (exact) mass is 372 g/mol. The number of hydrogen-bond donors (Lipinski definition) is 1. The van der Waals surface area contributed by atoms with Gasteiger partial charge in [-0.3, -0.25) is 4.79 Å². The molecule has 0 radical (unpaired) electrons. The van der Waals surface area contributed by atoms with E-state index in [-0.39, 0.29) is 6.61 Å². The number of fused-ring (bicyclic) bond motifs is 1. The van der Waals surface area contributed by atoms with Crippen molar-refractivity contribution in [1.29, 1.82) is 0 Å². The molecule has 0 aliphatic rings. The summed E-state index contributed by atoms with van der Waals surface area (Å²) in [6.45, 7) is -0.369. The molecule has 0 bridgehead atoms. The second kappa shape index (κ2) is 7.75. The number of carbonyl (C=O) groups is 2. The van der Waals surface area contributed by atoms with Crippen molar-refractivity contribution in [1.82, 2.24) is 4.98 Å². The number of nitrogens with one attached hydrogen (secondary N) is 1. The van der Waals surface area contributed by atoms with Crippen molar-refractivity contribution in [2.45, 2.75) is 0 Å². The van der Waals surface area contributed by atoms with Gasteiger partial charge in [-0.15, -0.1) is 0 Å². The van der Waals surface area contributed by atoms with E-state index in [1.54, 1.807) is 30.5 Å². The molecule has 0 unspecified atom stereocenters. The summed E-state index contributed by atoms with van der Waals surface area (Å²) in [5, 5.41) is 4.73. The van der Waals surface area contributed by atoms with Gasteiger partial charge in [-0.2, -0.15) is 0 Å². The molecule has 1 aromatic heterocycles. The third-order valence-electron chi connectivity index (χ3n) is 4.24. The predicted octanol–water partition coefficient (Wildman–Crippen LogP) is 4.29. The van der Waals surface area contributed by atoms with Gasteiger partial charge in [0.25, 0.3) is 5.91 Å². The lowest BCUT2D eigenvalue weighted by molar-refractivity contribution is -0.119. The minimum absolute atomic E-state index is 0.348. The Hall–Kier alpha value is -3.93. The highest BCUT2D eigenvalue weighted by Crippen LogP contribution is 2.23. The van der Waals surface area contributed by atoms with E-state index in [0.29, 0.717) is 17.0 Å². The van der Waals surface area contributed by atoms with E-state index in [9.17, 15) is 9.59 Å². The number of oxazole rings is 1. The summed E-state index contributed by atoms with van der Waals surface area (Å²) in [6.07, 6.45) is 2.93. The quantitative estimate of drug-likeness (QED) is 0.529. The first-order valence-electron chi connectivity index (χ1n) is 8.64. The van der Waals surface area contributed by atoms with Crippen molar-refractivity contribution < 1.29 is 18.7 Å². The number of amides is 1. The second-order valence-electron chi connectivity index (χ2n) is 6.09. The van der Waals surface area contributed by atoms with Gasteiger partial charge in [0, 0.05) is 16.6 Å². The van der Waals surface area contributed by atoms with E-state index >= 15 is 0 Å².